The molecule has 0 spiro atoms. The molecule has 4 aliphatic heterocycles. The topological polar surface area (TPSA) is 9.72 Å². The van der Waals surface area contributed by atoms with Gasteiger partial charge in [0.15, 0.2) is 0 Å². The van der Waals surface area contributed by atoms with Crippen LogP contribution in [-0.4, -0.2) is 24.2 Å². The van der Waals surface area contributed by atoms with Crippen molar-refractivity contribution < 1.29 is 0 Å². The Labute approximate surface area is 339 Å². The molecule has 4 heterocycles. The SMILES string of the molecule is c1ccc(-c2ccc(N(c3ccc(-c4cccc(N5C6CC7CC(C6)CC5C7)c4)cc3)c3ccc(-c4ccccc4)c(N4C5CC6CC(C5)CC4C6)c3)cc2)cc1. The van der Waals surface area contributed by atoms with Crippen molar-refractivity contribution in [1.29, 1.82) is 0 Å². The number of anilines is 5. The molecule has 0 radical (unpaired) electrons. The largest absolute Gasteiger partial charge is 0.366 e. The van der Waals surface area contributed by atoms with Crippen molar-refractivity contribution in [2.75, 3.05) is 14.7 Å². The summed E-state index contributed by atoms with van der Waals surface area (Å²) < 4.78 is 0. The van der Waals surface area contributed by atoms with Gasteiger partial charge < -0.3 is 14.7 Å². The van der Waals surface area contributed by atoms with Crippen molar-refractivity contribution in [3.63, 3.8) is 0 Å². The highest BCUT2D eigenvalue weighted by Gasteiger charge is 2.48. The molecule has 57 heavy (non-hydrogen) atoms. The molecule has 6 aromatic carbocycles. The van der Waals surface area contributed by atoms with E-state index in [-0.39, 0.29) is 0 Å². The second-order valence-corrected chi connectivity index (χ2v) is 18.7. The first-order chi connectivity index (χ1) is 28.2. The van der Waals surface area contributed by atoms with E-state index in [0.29, 0.717) is 12.1 Å². The van der Waals surface area contributed by atoms with E-state index in [9.17, 15) is 0 Å². The van der Waals surface area contributed by atoms with Crippen LogP contribution in [0, 0.1) is 23.7 Å². The van der Waals surface area contributed by atoms with Gasteiger partial charge in [-0.2, -0.15) is 0 Å². The number of benzene rings is 6. The van der Waals surface area contributed by atoms with Crippen LogP contribution in [0.3, 0.4) is 0 Å². The Morgan fingerprint density at radius 3 is 1.32 bits per heavy atom. The Morgan fingerprint density at radius 2 is 0.772 bits per heavy atom. The highest BCUT2D eigenvalue weighted by molar-refractivity contribution is 5.87. The van der Waals surface area contributed by atoms with E-state index in [0.717, 1.165) is 35.8 Å². The molecule has 14 rings (SSSR count). The summed E-state index contributed by atoms with van der Waals surface area (Å²) in [7, 11) is 0. The normalized spacial score (nSPS) is 27.9. The molecule has 8 fully saturated rings. The van der Waals surface area contributed by atoms with Gasteiger partial charge in [0.2, 0.25) is 0 Å². The van der Waals surface area contributed by atoms with E-state index in [1.165, 1.54) is 126 Å². The Balaban J connectivity index is 0.934. The average molecular weight is 744 g/mol. The van der Waals surface area contributed by atoms with Gasteiger partial charge in [-0.3, -0.25) is 0 Å². The predicted molar refractivity (Wildman–Crippen MR) is 238 cm³/mol. The first-order valence-electron chi connectivity index (χ1n) is 22.1. The summed E-state index contributed by atoms with van der Waals surface area (Å²) in [6.07, 6.45) is 13.9. The summed E-state index contributed by atoms with van der Waals surface area (Å²) in [6.45, 7) is 0. The Morgan fingerprint density at radius 1 is 0.333 bits per heavy atom. The molecular weight excluding hydrogens is 691 g/mol. The first kappa shape index (κ1) is 33.8. The maximum atomic E-state index is 2.88. The summed E-state index contributed by atoms with van der Waals surface area (Å²) in [6, 6.07) is 60.0. The van der Waals surface area contributed by atoms with Crippen molar-refractivity contribution in [2.45, 2.75) is 88.4 Å². The lowest BCUT2D eigenvalue weighted by atomic mass is 9.63. The summed E-state index contributed by atoms with van der Waals surface area (Å²) in [5.74, 6) is 3.76. The molecular formula is C54H53N3. The van der Waals surface area contributed by atoms with Gasteiger partial charge in [-0.1, -0.05) is 103 Å². The molecule has 0 unspecified atom stereocenters. The van der Waals surface area contributed by atoms with E-state index in [1.54, 1.807) is 0 Å². The van der Waals surface area contributed by atoms with Crippen LogP contribution in [0.25, 0.3) is 33.4 Å². The number of piperidine rings is 4. The molecule has 4 saturated heterocycles. The van der Waals surface area contributed by atoms with Crippen LogP contribution in [0.4, 0.5) is 28.4 Å². The minimum atomic E-state index is 0.641. The van der Waals surface area contributed by atoms with E-state index >= 15 is 0 Å². The number of hydrogen-bond acceptors (Lipinski definition) is 3. The van der Waals surface area contributed by atoms with Gasteiger partial charge in [-0.25, -0.2) is 0 Å². The Bertz CT molecular complexity index is 2330. The molecule has 0 amide bonds. The molecule has 3 heteroatoms. The first-order valence-corrected chi connectivity index (χ1v) is 22.1. The van der Waals surface area contributed by atoms with Crippen molar-refractivity contribution in [2.24, 2.45) is 23.7 Å². The van der Waals surface area contributed by atoms with Crippen LogP contribution in [0.2, 0.25) is 0 Å². The maximum Gasteiger partial charge on any atom is 0.0482 e. The van der Waals surface area contributed by atoms with Crippen LogP contribution in [0.15, 0.2) is 152 Å². The van der Waals surface area contributed by atoms with Gasteiger partial charge in [-0.05, 0) is 164 Å². The molecule has 0 N–H and O–H groups in total. The van der Waals surface area contributed by atoms with Crippen LogP contribution in [0.1, 0.15) is 64.2 Å². The molecule has 0 aromatic heterocycles. The van der Waals surface area contributed by atoms with Crippen molar-refractivity contribution in [3.8, 4) is 33.4 Å². The van der Waals surface area contributed by atoms with Crippen molar-refractivity contribution >= 4 is 28.4 Å². The zero-order valence-corrected chi connectivity index (χ0v) is 33.0. The molecule has 284 valence electrons. The molecule has 0 atom stereocenters. The minimum Gasteiger partial charge on any atom is -0.366 e. The zero-order chi connectivity index (χ0) is 37.5. The van der Waals surface area contributed by atoms with E-state index in [2.05, 4.69) is 166 Å². The van der Waals surface area contributed by atoms with Crippen molar-refractivity contribution in [1.82, 2.24) is 0 Å². The fourth-order valence-electron chi connectivity index (χ4n) is 13.1. The molecule has 4 saturated carbocycles. The number of rotatable bonds is 8. The molecule has 8 aliphatic rings. The third kappa shape index (κ3) is 5.99. The van der Waals surface area contributed by atoms with Gasteiger partial charge in [0.25, 0.3) is 0 Å². The molecule has 3 nitrogen and oxygen atoms in total. The van der Waals surface area contributed by atoms with E-state index in [4.69, 9.17) is 0 Å². The van der Waals surface area contributed by atoms with Gasteiger partial charge in [0.05, 0.1) is 0 Å². The fraction of sp³-hybridized carbons (Fsp3) is 0.333. The smallest absolute Gasteiger partial charge is 0.0482 e. The quantitative estimate of drug-likeness (QED) is 0.154. The standard InChI is InChI=1S/C54H53N3/c1-3-8-40(9-4-1)41-14-18-45(19-15-41)55(46-20-16-42(17-21-46)44-12-7-13-47(34-44)56-49-26-36-24-37(28-49)29-50(56)27-36)48-22-23-53(43-10-5-2-6-11-43)54(35-48)57-51-30-38-25-39(32-51)33-52(57)31-38/h1-23,34-39,49-52H,24-33H2. The van der Waals surface area contributed by atoms with Gasteiger partial charge in [0, 0.05) is 58.2 Å². The second kappa shape index (κ2) is 13.7. The number of hydrogen-bond donors (Lipinski definition) is 0. The molecule has 8 bridgehead atoms. The molecule has 6 aromatic rings. The zero-order valence-electron chi connectivity index (χ0n) is 33.0. The monoisotopic (exact) mass is 743 g/mol. The summed E-state index contributed by atoms with van der Waals surface area (Å²) in [5.41, 5.74) is 14.2. The van der Waals surface area contributed by atoms with Crippen LogP contribution < -0.4 is 14.7 Å². The summed E-state index contributed by atoms with van der Waals surface area (Å²) >= 11 is 0. The highest BCUT2D eigenvalue weighted by atomic mass is 15.2. The number of nitrogens with zero attached hydrogens (tertiary/aromatic N) is 3. The highest BCUT2D eigenvalue weighted by Crippen LogP contribution is 2.54. The lowest BCUT2D eigenvalue weighted by molar-refractivity contribution is 0.0899. The minimum absolute atomic E-state index is 0.641. The maximum absolute atomic E-state index is 2.88. The van der Waals surface area contributed by atoms with Crippen LogP contribution in [0.5, 0.6) is 0 Å². The lowest BCUT2D eigenvalue weighted by Crippen LogP contribution is -2.58. The van der Waals surface area contributed by atoms with E-state index < -0.39 is 0 Å². The van der Waals surface area contributed by atoms with Gasteiger partial charge in [-0.15, -0.1) is 0 Å². The lowest BCUT2D eigenvalue weighted by Gasteiger charge is -2.58. The Hall–Kier alpha value is -5.28. The molecule has 4 aliphatic carbocycles. The van der Waals surface area contributed by atoms with Crippen molar-refractivity contribution in [3.05, 3.63) is 152 Å². The second-order valence-electron chi connectivity index (χ2n) is 18.7. The summed E-state index contributed by atoms with van der Waals surface area (Å²) in [4.78, 5) is 8.19. The Kier molecular flexibility index (Phi) is 8.12. The third-order valence-corrected chi connectivity index (χ3v) is 15.2. The van der Waals surface area contributed by atoms with Gasteiger partial charge >= 0.3 is 0 Å². The van der Waals surface area contributed by atoms with Crippen LogP contribution >= 0.6 is 0 Å². The van der Waals surface area contributed by atoms with Crippen LogP contribution in [-0.2, 0) is 0 Å². The van der Waals surface area contributed by atoms with E-state index in [1.807, 2.05) is 0 Å². The third-order valence-electron chi connectivity index (χ3n) is 15.2. The average Bonchev–Trinajstić information content (AvgIpc) is 3.24. The predicted octanol–water partition coefficient (Wildman–Crippen LogP) is 13.7. The summed E-state index contributed by atoms with van der Waals surface area (Å²) in [5, 5.41) is 0. The van der Waals surface area contributed by atoms with Gasteiger partial charge in [0.1, 0.15) is 0 Å². The fourth-order valence-corrected chi connectivity index (χ4v) is 13.1.